The van der Waals surface area contributed by atoms with Crippen LogP contribution in [0.15, 0.2) is 65.7 Å². The number of fused-ring (bicyclic) bond motifs is 1. The molecule has 0 bridgehead atoms. The standard InChI is InChI=1S/C22H15ClF3N3O2S/c1-12(19(30)28-17-9-14(22(24,25)26)7-8-16(17)23)29-11-27-20-15(21(29)31)10-18(32-20)13-5-3-2-4-6-13/h2-12H,1H3,(H,28,30). The van der Waals surface area contributed by atoms with Gasteiger partial charge in [-0.15, -0.1) is 11.3 Å². The Bertz CT molecular complexity index is 1370. The number of hydrogen-bond donors (Lipinski definition) is 1. The van der Waals surface area contributed by atoms with Crippen molar-refractivity contribution in [3.8, 4) is 10.4 Å². The molecule has 2 heterocycles. The van der Waals surface area contributed by atoms with E-state index in [9.17, 15) is 22.8 Å². The molecule has 0 fully saturated rings. The summed E-state index contributed by atoms with van der Waals surface area (Å²) in [5, 5.41) is 2.68. The van der Waals surface area contributed by atoms with E-state index in [1.807, 2.05) is 30.3 Å². The van der Waals surface area contributed by atoms with Crippen molar-refractivity contribution in [2.75, 3.05) is 5.32 Å². The molecule has 2 aromatic heterocycles. The molecule has 4 rings (SSSR count). The molecule has 0 aliphatic carbocycles. The number of halogens is 4. The molecule has 10 heteroatoms. The van der Waals surface area contributed by atoms with Crippen LogP contribution in [0.2, 0.25) is 5.02 Å². The largest absolute Gasteiger partial charge is 0.416 e. The van der Waals surface area contributed by atoms with Gasteiger partial charge in [0.25, 0.3) is 5.56 Å². The van der Waals surface area contributed by atoms with E-state index in [0.717, 1.165) is 33.2 Å². The quantitative estimate of drug-likeness (QED) is 0.392. The van der Waals surface area contributed by atoms with Gasteiger partial charge in [-0.2, -0.15) is 13.2 Å². The summed E-state index contributed by atoms with van der Waals surface area (Å²) in [6.45, 7) is 1.45. The van der Waals surface area contributed by atoms with Crippen LogP contribution in [0.25, 0.3) is 20.7 Å². The van der Waals surface area contributed by atoms with Gasteiger partial charge in [-0.25, -0.2) is 4.98 Å². The first-order valence-corrected chi connectivity index (χ1v) is 10.6. The van der Waals surface area contributed by atoms with Crippen LogP contribution in [-0.4, -0.2) is 15.5 Å². The summed E-state index contributed by atoms with van der Waals surface area (Å²) < 4.78 is 40.1. The van der Waals surface area contributed by atoms with E-state index >= 15 is 0 Å². The highest BCUT2D eigenvalue weighted by Crippen LogP contribution is 2.34. The van der Waals surface area contributed by atoms with Crippen LogP contribution in [0.1, 0.15) is 18.5 Å². The van der Waals surface area contributed by atoms with Crippen LogP contribution in [0, 0.1) is 0 Å². The number of hydrogen-bond acceptors (Lipinski definition) is 4. The van der Waals surface area contributed by atoms with Crippen LogP contribution in [0.5, 0.6) is 0 Å². The molecule has 0 saturated heterocycles. The minimum absolute atomic E-state index is 0.0511. The maximum absolute atomic E-state index is 13.0. The number of nitrogens with one attached hydrogen (secondary N) is 1. The van der Waals surface area contributed by atoms with Crippen LogP contribution in [-0.2, 0) is 11.0 Å². The van der Waals surface area contributed by atoms with Crippen LogP contribution >= 0.6 is 22.9 Å². The zero-order valence-electron chi connectivity index (χ0n) is 16.5. The summed E-state index contributed by atoms with van der Waals surface area (Å²) in [7, 11) is 0. The zero-order valence-corrected chi connectivity index (χ0v) is 18.1. The van der Waals surface area contributed by atoms with Gasteiger partial charge in [-0.3, -0.25) is 14.2 Å². The Balaban J connectivity index is 1.64. The monoisotopic (exact) mass is 477 g/mol. The normalized spacial score (nSPS) is 12.7. The molecular weight excluding hydrogens is 463 g/mol. The van der Waals surface area contributed by atoms with Gasteiger partial charge in [0.15, 0.2) is 0 Å². The molecule has 0 spiro atoms. The van der Waals surface area contributed by atoms with Gasteiger partial charge in [0.1, 0.15) is 10.9 Å². The lowest BCUT2D eigenvalue weighted by molar-refractivity contribution is -0.137. The fraction of sp³-hybridized carbons (Fsp3) is 0.136. The Morgan fingerprint density at radius 3 is 2.56 bits per heavy atom. The topological polar surface area (TPSA) is 64.0 Å². The van der Waals surface area contributed by atoms with Crippen molar-refractivity contribution in [3.05, 3.63) is 81.9 Å². The molecule has 1 N–H and O–H groups in total. The molecule has 0 aliphatic rings. The highest BCUT2D eigenvalue weighted by atomic mass is 35.5. The summed E-state index contributed by atoms with van der Waals surface area (Å²) in [6, 6.07) is 12.8. The lowest BCUT2D eigenvalue weighted by atomic mass is 10.2. The Hall–Kier alpha value is -3.17. The summed E-state index contributed by atoms with van der Waals surface area (Å²) in [6.07, 6.45) is -3.33. The predicted octanol–water partition coefficient (Wildman–Crippen LogP) is 6.00. The van der Waals surface area contributed by atoms with Gasteiger partial charge >= 0.3 is 6.18 Å². The van der Waals surface area contributed by atoms with E-state index in [0.29, 0.717) is 10.2 Å². The first-order chi connectivity index (χ1) is 15.1. The number of benzene rings is 2. The number of rotatable bonds is 4. The third-order valence-electron chi connectivity index (χ3n) is 4.88. The van der Waals surface area contributed by atoms with E-state index in [1.165, 1.54) is 24.6 Å². The Kier molecular flexibility index (Phi) is 5.79. The van der Waals surface area contributed by atoms with Crippen molar-refractivity contribution in [3.63, 3.8) is 0 Å². The fourth-order valence-electron chi connectivity index (χ4n) is 3.12. The van der Waals surface area contributed by atoms with Crippen LogP contribution < -0.4 is 10.9 Å². The molecule has 0 radical (unpaired) electrons. The lowest BCUT2D eigenvalue weighted by Gasteiger charge is -2.16. The minimum atomic E-state index is -4.59. The summed E-state index contributed by atoms with van der Waals surface area (Å²) >= 11 is 7.30. The number of thiophene rings is 1. The van der Waals surface area contributed by atoms with Crippen LogP contribution in [0.4, 0.5) is 18.9 Å². The van der Waals surface area contributed by atoms with Gasteiger partial charge in [-0.05, 0) is 36.8 Å². The number of carbonyl (C=O) groups is 1. The Morgan fingerprint density at radius 2 is 1.88 bits per heavy atom. The van der Waals surface area contributed by atoms with Gasteiger partial charge in [0.2, 0.25) is 5.91 Å². The molecule has 1 atom stereocenters. The van der Waals surface area contributed by atoms with Crippen molar-refractivity contribution >= 4 is 44.7 Å². The zero-order chi connectivity index (χ0) is 23.0. The molecule has 0 saturated carbocycles. The SMILES string of the molecule is CC(C(=O)Nc1cc(C(F)(F)F)ccc1Cl)n1cnc2sc(-c3ccccc3)cc2c1=O. The van der Waals surface area contributed by atoms with E-state index in [-0.39, 0.29) is 10.7 Å². The first-order valence-electron chi connectivity index (χ1n) is 9.39. The van der Waals surface area contributed by atoms with Gasteiger partial charge in [0.05, 0.1) is 28.0 Å². The number of alkyl halides is 3. The maximum atomic E-state index is 13.0. The lowest BCUT2D eigenvalue weighted by Crippen LogP contribution is -2.31. The number of nitrogens with zero attached hydrogens (tertiary/aromatic N) is 2. The second kappa shape index (κ2) is 8.40. The number of aromatic nitrogens is 2. The van der Waals surface area contributed by atoms with Gasteiger partial charge < -0.3 is 5.32 Å². The molecular formula is C22H15ClF3N3O2S. The summed E-state index contributed by atoms with van der Waals surface area (Å²) in [5.74, 6) is -0.701. The van der Waals surface area contributed by atoms with E-state index in [2.05, 4.69) is 10.3 Å². The highest BCUT2D eigenvalue weighted by molar-refractivity contribution is 7.21. The third kappa shape index (κ3) is 4.26. The molecule has 5 nitrogen and oxygen atoms in total. The predicted molar refractivity (Wildman–Crippen MR) is 119 cm³/mol. The third-order valence-corrected chi connectivity index (χ3v) is 6.31. The molecule has 0 aliphatic heterocycles. The van der Waals surface area contributed by atoms with Gasteiger partial charge in [0, 0.05) is 4.88 Å². The fourth-order valence-corrected chi connectivity index (χ4v) is 4.28. The van der Waals surface area contributed by atoms with Gasteiger partial charge in [-0.1, -0.05) is 41.9 Å². The average Bonchev–Trinajstić information content (AvgIpc) is 3.20. The Labute approximate surface area is 189 Å². The van der Waals surface area contributed by atoms with Crippen molar-refractivity contribution in [1.29, 1.82) is 0 Å². The number of amides is 1. The summed E-state index contributed by atoms with van der Waals surface area (Å²) in [5.41, 5.74) is -0.628. The van der Waals surface area contributed by atoms with Crippen molar-refractivity contribution < 1.29 is 18.0 Å². The first kappa shape index (κ1) is 22.0. The molecule has 1 amide bonds. The average molecular weight is 478 g/mol. The molecule has 4 aromatic rings. The molecule has 2 aromatic carbocycles. The molecule has 1 unspecified atom stereocenters. The van der Waals surface area contributed by atoms with Crippen molar-refractivity contribution in [2.45, 2.75) is 19.1 Å². The smallest absolute Gasteiger partial charge is 0.323 e. The van der Waals surface area contributed by atoms with E-state index in [4.69, 9.17) is 11.6 Å². The second-order valence-electron chi connectivity index (χ2n) is 7.01. The van der Waals surface area contributed by atoms with E-state index < -0.39 is 29.2 Å². The Morgan fingerprint density at radius 1 is 1.16 bits per heavy atom. The van der Waals surface area contributed by atoms with E-state index in [1.54, 1.807) is 6.07 Å². The highest BCUT2D eigenvalue weighted by Gasteiger charge is 2.31. The summed E-state index contributed by atoms with van der Waals surface area (Å²) in [4.78, 5) is 31.4. The maximum Gasteiger partial charge on any atom is 0.416 e. The van der Waals surface area contributed by atoms with Crippen molar-refractivity contribution in [2.24, 2.45) is 0 Å². The minimum Gasteiger partial charge on any atom is -0.323 e. The molecule has 164 valence electrons. The number of anilines is 1. The second-order valence-corrected chi connectivity index (χ2v) is 8.45. The number of carbonyl (C=O) groups excluding carboxylic acids is 1. The van der Waals surface area contributed by atoms with Crippen LogP contribution in [0.3, 0.4) is 0 Å². The van der Waals surface area contributed by atoms with Crippen molar-refractivity contribution in [1.82, 2.24) is 9.55 Å². The molecule has 32 heavy (non-hydrogen) atoms.